The zero-order valence-electron chi connectivity index (χ0n) is 11.3. The number of rotatable bonds is 10. The Morgan fingerprint density at radius 3 is 2.67 bits per heavy atom. The SMILES string of the molecule is O=C(O)CCC[C@@H](NC(=O)CSCc1cccs1)C(=O)O. The van der Waals surface area contributed by atoms with Crippen LogP contribution in [0.1, 0.15) is 24.1 Å². The van der Waals surface area contributed by atoms with E-state index in [1.165, 1.54) is 11.8 Å². The maximum absolute atomic E-state index is 11.7. The Morgan fingerprint density at radius 2 is 2.10 bits per heavy atom. The van der Waals surface area contributed by atoms with Crippen molar-refractivity contribution in [1.29, 1.82) is 0 Å². The molecule has 8 heteroatoms. The van der Waals surface area contributed by atoms with Crippen molar-refractivity contribution in [2.75, 3.05) is 5.75 Å². The fraction of sp³-hybridized carbons (Fsp3) is 0.462. The minimum atomic E-state index is -1.14. The first kappa shape index (κ1) is 17.5. The molecule has 0 radical (unpaired) electrons. The van der Waals surface area contributed by atoms with Gasteiger partial charge in [-0.1, -0.05) is 6.07 Å². The summed E-state index contributed by atoms with van der Waals surface area (Å²) in [4.78, 5) is 34.2. The number of carbonyl (C=O) groups excluding carboxylic acids is 1. The van der Waals surface area contributed by atoms with E-state index < -0.39 is 18.0 Å². The number of amides is 1. The van der Waals surface area contributed by atoms with Crippen molar-refractivity contribution >= 4 is 40.9 Å². The summed E-state index contributed by atoms with van der Waals surface area (Å²) in [7, 11) is 0. The number of thiophene rings is 1. The molecule has 1 atom stereocenters. The van der Waals surface area contributed by atoms with Crippen LogP contribution in [-0.2, 0) is 20.1 Å². The molecular formula is C13H17NO5S2. The van der Waals surface area contributed by atoms with E-state index in [-0.39, 0.29) is 30.9 Å². The first-order valence-corrected chi connectivity index (χ1v) is 8.36. The van der Waals surface area contributed by atoms with Crippen LogP contribution in [-0.4, -0.2) is 39.9 Å². The number of carboxylic acids is 2. The molecule has 116 valence electrons. The molecule has 0 aromatic carbocycles. The van der Waals surface area contributed by atoms with Gasteiger partial charge in [-0.15, -0.1) is 23.1 Å². The van der Waals surface area contributed by atoms with Crippen molar-refractivity contribution in [2.45, 2.75) is 31.1 Å². The summed E-state index contributed by atoms with van der Waals surface area (Å²) < 4.78 is 0. The Labute approximate surface area is 130 Å². The Kier molecular flexibility index (Phi) is 7.84. The van der Waals surface area contributed by atoms with Crippen molar-refractivity contribution in [3.05, 3.63) is 22.4 Å². The lowest BCUT2D eigenvalue weighted by atomic mass is 10.1. The van der Waals surface area contributed by atoms with Gasteiger partial charge in [-0.25, -0.2) is 4.79 Å². The quantitative estimate of drug-likeness (QED) is 0.604. The third kappa shape index (κ3) is 7.72. The van der Waals surface area contributed by atoms with E-state index in [1.54, 1.807) is 11.3 Å². The maximum atomic E-state index is 11.7. The van der Waals surface area contributed by atoms with Gasteiger partial charge in [-0.05, 0) is 24.3 Å². The molecule has 1 heterocycles. The van der Waals surface area contributed by atoms with Gasteiger partial charge in [0.25, 0.3) is 0 Å². The summed E-state index contributed by atoms with van der Waals surface area (Å²) in [6, 6.07) is 2.88. The van der Waals surface area contributed by atoms with Crippen LogP contribution in [0.3, 0.4) is 0 Å². The monoisotopic (exact) mass is 331 g/mol. The Hall–Kier alpha value is -1.54. The van der Waals surface area contributed by atoms with Crippen LogP contribution in [0.25, 0.3) is 0 Å². The number of carboxylic acid groups (broad SMARTS) is 2. The predicted molar refractivity (Wildman–Crippen MR) is 81.5 cm³/mol. The van der Waals surface area contributed by atoms with Gasteiger partial charge >= 0.3 is 11.9 Å². The molecule has 1 aromatic heterocycles. The number of hydrogen-bond acceptors (Lipinski definition) is 5. The number of hydrogen-bond donors (Lipinski definition) is 3. The highest BCUT2D eigenvalue weighted by molar-refractivity contribution is 7.99. The molecule has 1 amide bonds. The Balaban J connectivity index is 2.27. The first-order chi connectivity index (χ1) is 9.99. The standard InChI is InChI=1S/C13H17NO5S2/c15-11(8-20-7-9-3-2-6-21-9)14-10(13(18)19)4-1-5-12(16)17/h2-3,6,10H,1,4-5,7-8H2,(H,14,15)(H,16,17)(H,18,19)/t10-/m1/s1. The summed E-state index contributed by atoms with van der Waals surface area (Å²) >= 11 is 3.02. The van der Waals surface area contributed by atoms with E-state index in [0.29, 0.717) is 5.75 Å². The van der Waals surface area contributed by atoms with Crippen LogP contribution in [0.4, 0.5) is 0 Å². The van der Waals surface area contributed by atoms with Crippen LogP contribution in [0.5, 0.6) is 0 Å². The lowest BCUT2D eigenvalue weighted by molar-refractivity contribution is -0.142. The molecule has 0 aliphatic heterocycles. The molecule has 1 rings (SSSR count). The predicted octanol–water partition coefficient (Wildman–Crippen LogP) is 1.81. The van der Waals surface area contributed by atoms with Crippen molar-refractivity contribution in [1.82, 2.24) is 5.32 Å². The third-order valence-electron chi connectivity index (χ3n) is 2.57. The molecular weight excluding hydrogens is 314 g/mol. The van der Waals surface area contributed by atoms with E-state index in [9.17, 15) is 14.4 Å². The number of thioether (sulfide) groups is 1. The largest absolute Gasteiger partial charge is 0.481 e. The van der Waals surface area contributed by atoms with Gasteiger partial charge in [0, 0.05) is 17.1 Å². The molecule has 0 aliphatic carbocycles. The highest BCUT2D eigenvalue weighted by Crippen LogP contribution is 2.16. The van der Waals surface area contributed by atoms with Crippen molar-refractivity contribution in [3.8, 4) is 0 Å². The van der Waals surface area contributed by atoms with Crippen molar-refractivity contribution in [3.63, 3.8) is 0 Å². The van der Waals surface area contributed by atoms with Gasteiger partial charge in [0.15, 0.2) is 0 Å². The van der Waals surface area contributed by atoms with Crippen LogP contribution >= 0.6 is 23.1 Å². The van der Waals surface area contributed by atoms with Gasteiger partial charge in [0.2, 0.25) is 5.91 Å². The fourth-order valence-electron chi connectivity index (χ4n) is 1.59. The average Bonchev–Trinajstić information content (AvgIpc) is 2.90. The summed E-state index contributed by atoms with van der Waals surface area (Å²) in [5.74, 6) is -1.57. The zero-order valence-corrected chi connectivity index (χ0v) is 12.9. The molecule has 0 bridgehead atoms. The summed E-state index contributed by atoms with van der Waals surface area (Å²) in [5.41, 5.74) is 0. The molecule has 0 fully saturated rings. The summed E-state index contributed by atoms with van der Waals surface area (Å²) in [6.07, 6.45) is 0.227. The Morgan fingerprint density at radius 1 is 1.33 bits per heavy atom. The fourth-order valence-corrected chi connectivity index (χ4v) is 3.27. The summed E-state index contributed by atoms with van der Waals surface area (Å²) in [5, 5.41) is 21.9. The van der Waals surface area contributed by atoms with Gasteiger partial charge in [-0.2, -0.15) is 0 Å². The van der Waals surface area contributed by atoms with Crippen LogP contribution in [0.2, 0.25) is 0 Å². The molecule has 0 unspecified atom stereocenters. The van der Waals surface area contributed by atoms with E-state index in [0.717, 1.165) is 4.88 Å². The minimum absolute atomic E-state index is 0.104. The average molecular weight is 331 g/mol. The Bertz CT molecular complexity index is 475. The normalized spacial score (nSPS) is 11.8. The highest BCUT2D eigenvalue weighted by atomic mass is 32.2. The molecule has 0 aliphatic rings. The van der Waals surface area contributed by atoms with Crippen LogP contribution in [0.15, 0.2) is 17.5 Å². The second-order valence-corrected chi connectivity index (χ2v) is 6.33. The van der Waals surface area contributed by atoms with Gasteiger partial charge in [0.05, 0.1) is 5.75 Å². The molecule has 0 spiro atoms. The molecule has 3 N–H and O–H groups in total. The van der Waals surface area contributed by atoms with E-state index in [1.807, 2.05) is 17.5 Å². The minimum Gasteiger partial charge on any atom is -0.481 e. The van der Waals surface area contributed by atoms with Gasteiger partial charge < -0.3 is 15.5 Å². The van der Waals surface area contributed by atoms with E-state index >= 15 is 0 Å². The molecule has 0 saturated carbocycles. The van der Waals surface area contributed by atoms with Gasteiger partial charge in [0.1, 0.15) is 6.04 Å². The highest BCUT2D eigenvalue weighted by Gasteiger charge is 2.19. The number of aliphatic carboxylic acids is 2. The zero-order chi connectivity index (χ0) is 15.7. The first-order valence-electron chi connectivity index (χ1n) is 6.33. The molecule has 21 heavy (non-hydrogen) atoms. The number of nitrogens with one attached hydrogen (secondary N) is 1. The maximum Gasteiger partial charge on any atom is 0.326 e. The van der Waals surface area contributed by atoms with Crippen molar-refractivity contribution < 1.29 is 24.6 Å². The smallest absolute Gasteiger partial charge is 0.326 e. The van der Waals surface area contributed by atoms with Gasteiger partial charge in [-0.3, -0.25) is 9.59 Å². The lowest BCUT2D eigenvalue weighted by Crippen LogP contribution is -2.41. The topological polar surface area (TPSA) is 104 Å². The van der Waals surface area contributed by atoms with Crippen LogP contribution < -0.4 is 5.32 Å². The van der Waals surface area contributed by atoms with E-state index in [4.69, 9.17) is 10.2 Å². The third-order valence-corrected chi connectivity index (χ3v) is 4.61. The lowest BCUT2D eigenvalue weighted by Gasteiger charge is -2.13. The second kappa shape index (κ2) is 9.41. The second-order valence-electron chi connectivity index (χ2n) is 4.32. The molecule has 1 aromatic rings. The molecule has 6 nitrogen and oxygen atoms in total. The van der Waals surface area contributed by atoms with Crippen LogP contribution in [0, 0.1) is 0 Å². The molecule has 0 saturated heterocycles. The summed E-state index contributed by atoms with van der Waals surface area (Å²) in [6.45, 7) is 0. The van der Waals surface area contributed by atoms with Crippen molar-refractivity contribution in [2.24, 2.45) is 0 Å². The number of carbonyl (C=O) groups is 3. The van der Waals surface area contributed by atoms with E-state index in [2.05, 4.69) is 5.32 Å².